The smallest absolute Gasteiger partial charge is 0.193 e. The highest BCUT2D eigenvalue weighted by Gasteiger charge is 2.41. The summed E-state index contributed by atoms with van der Waals surface area (Å²) < 4.78 is 0. The fourth-order valence-corrected chi connectivity index (χ4v) is 4.49. The maximum absolute atomic E-state index is 4.62. The Balaban J connectivity index is 0.00000176. The summed E-state index contributed by atoms with van der Waals surface area (Å²) in [5, 5.41) is 6.86. The molecule has 0 atom stereocenters. The van der Waals surface area contributed by atoms with E-state index in [2.05, 4.69) is 32.5 Å². The van der Waals surface area contributed by atoms with Gasteiger partial charge in [-0.25, -0.2) is 4.98 Å². The molecular weight excluding hydrogens is 407 g/mol. The number of aliphatic imine (C=N–C) groups is 1. The van der Waals surface area contributed by atoms with Crippen molar-refractivity contribution >= 4 is 41.3 Å². The highest BCUT2D eigenvalue weighted by Crippen LogP contribution is 2.45. The zero-order valence-corrected chi connectivity index (χ0v) is 16.7. The standard InChI is InChI=1S/C16H26N4S.HI/c1-3-14-19-13(11-21-14)10-18-15(17-2)20-9-8-16(12-20)6-4-5-7-16;/h11H,3-10,12H2,1-2H3,(H,17,18);1H. The predicted molar refractivity (Wildman–Crippen MR) is 104 cm³/mol. The zero-order valence-electron chi connectivity index (χ0n) is 13.6. The van der Waals surface area contributed by atoms with Gasteiger partial charge in [0.2, 0.25) is 0 Å². The number of nitrogens with one attached hydrogen (secondary N) is 1. The van der Waals surface area contributed by atoms with E-state index in [1.807, 2.05) is 7.05 Å². The Morgan fingerprint density at radius 3 is 2.82 bits per heavy atom. The molecule has 2 heterocycles. The molecule has 1 saturated carbocycles. The van der Waals surface area contributed by atoms with E-state index >= 15 is 0 Å². The lowest BCUT2D eigenvalue weighted by Gasteiger charge is -2.25. The summed E-state index contributed by atoms with van der Waals surface area (Å²) in [4.78, 5) is 11.5. The molecule has 6 heteroatoms. The molecule has 1 aromatic rings. The largest absolute Gasteiger partial charge is 0.351 e. The van der Waals surface area contributed by atoms with E-state index in [1.165, 1.54) is 43.7 Å². The second kappa shape index (κ2) is 7.95. The summed E-state index contributed by atoms with van der Waals surface area (Å²) in [5.41, 5.74) is 1.72. The van der Waals surface area contributed by atoms with Crippen LogP contribution in [0.25, 0.3) is 0 Å². The molecule has 0 amide bonds. The Morgan fingerprint density at radius 2 is 2.18 bits per heavy atom. The molecule has 1 aliphatic heterocycles. The van der Waals surface area contributed by atoms with Crippen LogP contribution in [0.2, 0.25) is 0 Å². The van der Waals surface area contributed by atoms with Gasteiger partial charge in [-0.1, -0.05) is 19.8 Å². The van der Waals surface area contributed by atoms with Crippen molar-refractivity contribution in [3.05, 3.63) is 16.1 Å². The van der Waals surface area contributed by atoms with Gasteiger partial charge in [-0.15, -0.1) is 35.3 Å². The van der Waals surface area contributed by atoms with Crippen LogP contribution >= 0.6 is 35.3 Å². The average Bonchev–Trinajstić information content (AvgIpc) is 3.23. The number of aromatic nitrogens is 1. The van der Waals surface area contributed by atoms with Crippen molar-refractivity contribution in [1.29, 1.82) is 0 Å². The summed E-state index contributed by atoms with van der Waals surface area (Å²) in [6.07, 6.45) is 8.01. The first kappa shape index (κ1) is 18.0. The second-order valence-electron chi connectivity index (χ2n) is 6.37. The summed E-state index contributed by atoms with van der Waals surface area (Å²) in [5.74, 6) is 1.05. The highest BCUT2D eigenvalue weighted by atomic mass is 127. The van der Waals surface area contributed by atoms with Crippen molar-refractivity contribution in [3.63, 3.8) is 0 Å². The number of aryl methyl sites for hydroxylation is 1. The summed E-state index contributed by atoms with van der Waals surface area (Å²) in [6.45, 7) is 5.27. The van der Waals surface area contributed by atoms with E-state index in [0.717, 1.165) is 31.2 Å². The summed E-state index contributed by atoms with van der Waals surface area (Å²) in [6, 6.07) is 0. The van der Waals surface area contributed by atoms with Crippen molar-refractivity contribution in [3.8, 4) is 0 Å². The van der Waals surface area contributed by atoms with Crippen LogP contribution in [0.5, 0.6) is 0 Å². The molecule has 2 fully saturated rings. The van der Waals surface area contributed by atoms with E-state index in [1.54, 1.807) is 11.3 Å². The number of likely N-dealkylation sites (tertiary alicyclic amines) is 1. The highest BCUT2D eigenvalue weighted by molar-refractivity contribution is 14.0. The van der Waals surface area contributed by atoms with Gasteiger partial charge in [0.05, 0.1) is 17.2 Å². The number of hydrogen-bond donors (Lipinski definition) is 1. The fraction of sp³-hybridized carbons (Fsp3) is 0.750. The van der Waals surface area contributed by atoms with Crippen LogP contribution in [-0.4, -0.2) is 36.0 Å². The van der Waals surface area contributed by atoms with Gasteiger partial charge in [-0.3, -0.25) is 4.99 Å². The van der Waals surface area contributed by atoms with E-state index < -0.39 is 0 Å². The predicted octanol–water partition coefficient (Wildman–Crippen LogP) is 3.67. The molecule has 124 valence electrons. The minimum absolute atomic E-state index is 0. The lowest BCUT2D eigenvalue weighted by atomic mass is 9.86. The minimum atomic E-state index is 0. The Hall–Kier alpha value is -0.370. The summed E-state index contributed by atoms with van der Waals surface area (Å²) >= 11 is 1.75. The number of thiazole rings is 1. The van der Waals surface area contributed by atoms with Crippen molar-refractivity contribution in [2.24, 2.45) is 10.4 Å². The van der Waals surface area contributed by atoms with Gasteiger partial charge in [0.1, 0.15) is 0 Å². The maximum atomic E-state index is 4.62. The number of hydrogen-bond acceptors (Lipinski definition) is 3. The van der Waals surface area contributed by atoms with Crippen LogP contribution in [-0.2, 0) is 13.0 Å². The van der Waals surface area contributed by atoms with Crippen LogP contribution < -0.4 is 5.32 Å². The molecular formula is C16H27IN4S. The lowest BCUT2D eigenvalue weighted by molar-refractivity contribution is 0.309. The van der Waals surface area contributed by atoms with Crippen molar-refractivity contribution in [2.75, 3.05) is 20.1 Å². The van der Waals surface area contributed by atoms with E-state index in [4.69, 9.17) is 0 Å². The van der Waals surface area contributed by atoms with Crippen LogP contribution in [0.3, 0.4) is 0 Å². The van der Waals surface area contributed by atoms with Crippen LogP contribution in [0.1, 0.15) is 49.7 Å². The second-order valence-corrected chi connectivity index (χ2v) is 7.31. The quantitative estimate of drug-likeness (QED) is 0.449. The topological polar surface area (TPSA) is 40.5 Å². The third-order valence-electron chi connectivity index (χ3n) is 4.94. The molecule has 0 unspecified atom stereocenters. The molecule has 4 nitrogen and oxygen atoms in total. The monoisotopic (exact) mass is 434 g/mol. The number of halogens is 1. The van der Waals surface area contributed by atoms with E-state index in [0.29, 0.717) is 5.41 Å². The average molecular weight is 434 g/mol. The Labute approximate surface area is 154 Å². The van der Waals surface area contributed by atoms with Crippen LogP contribution in [0.4, 0.5) is 0 Å². The van der Waals surface area contributed by atoms with Crippen LogP contribution in [0, 0.1) is 5.41 Å². The fourth-order valence-electron chi connectivity index (χ4n) is 3.74. The molecule has 1 aliphatic carbocycles. The molecule has 2 aliphatic rings. The molecule has 1 aromatic heterocycles. The zero-order chi connectivity index (χ0) is 14.7. The molecule has 0 bridgehead atoms. The van der Waals surface area contributed by atoms with E-state index in [9.17, 15) is 0 Å². The first-order valence-corrected chi connectivity index (χ1v) is 9.01. The molecule has 0 radical (unpaired) electrons. The third kappa shape index (κ3) is 3.93. The number of guanidine groups is 1. The van der Waals surface area contributed by atoms with E-state index in [-0.39, 0.29) is 24.0 Å². The van der Waals surface area contributed by atoms with Gasteiger partial charge >= 0.3 is 0 Å². The SMILES string of the molecule is CCc1nc(CNC(=NC)N2CCC3(CCCC3)C2)cs1.I. The number of nitrogens with zero attached hydrogens (tertiary/aromatic N) is 3. The molecule has 3 rings (SSSR count). The first-order chi connectivity index (χ1) is 10.2. The molecule has 1 N–H and O–H groups in total. The molecule has 0 aromatic carbocycles. The van der Waals surface area contributed by atoms with Gasteiger partial charge in [0, 0.05) is 25.5 Å². The van der Waals surface area contributed by atoms with Gasteiger partial charge in [0.15, 0.2) is 5.96 Å². The van der Waals surface area contributed by atoms with Crippen molar-refractivity contribution < 1.29 is 0 Å². The minimum Gasteiger partial charge on any atom is -0.351 e. The molecule has 1 spiro atoms. The normalized spacial score (nSPS) is 20.5. The third-order valence-corrected chi connectivity index (χ3v) is 5.99. The maximum Gasteiger partial charge on any atom is 0.193 e. The van der Waals surface area contributed by atoms with Gasteiger partial charge in [0.25, 0.3) is 0 Å². The molecule has 22 heavy (non-hydrogen) atoms. The van der Waals surface area contributed by atoms with Crippen molar-refractivity contribution in [2.45, 2.75) is 52.0 Å². The van der Waals surface area contributed by atoms with Gasteiger partial charge in [-0.05, 0) is 31.1 Å². The lowest BCUT2D eigenvalue weighted by Crippen LogP contribution is -2.40. The Kier molecular flexibility index (Phi) is 6.49. The van der Waals surface area contributed by atoms with Gasteiger partial charge in [-0.2, -0.15) is 0 Å². The Bertz CT molecular complexity index is 508. The summed E-state index contributed by atoms with van der Waals surface area (Å²) in [7, 11) is 1.89. The van der Waals surface area contributed by atoms with Gasteiger partial charge < -0.3 is 10.2 Å². The molecule has 1 saturated heterocycles. The first-order valence-electron chi connectivity index (χ1n) is 8.13. The number of rotatable bonds is 3. The van der Waals surface area contributed by atoms with Crippen molar-refractivity contribution in [1.82, 2.24) is 15.2 Å². The van der Waals surface area contributed by atoms with Crippen LogP contribution in [0.15, 0.2) is 10.4 Å². The Morgan fingerprint density at radius 1 is 1.41 bits per heavy atom.